The van der Waals surface area contributed by atoms with Crippen molar-refractivity contribution >= 4 is 23.7 Å². The van der Waals surface area contributed by atoms with E-state index in [0.717, 1.165) is 22.8 Å². The van der Waals surface area contributed by atoms with Crippen LogP contribution in [0.3, 0.4) is 0 Å². The van der Waals surface area contributed by atoms with Crippen LogP contribution in [0.4, 0.5) is 13.2 Å². The van der Waals surface area contributed by atoms with Gasteiger partial charge < -0.3 is 20.3 Å². The van der Waals surface area contributed by atoms with Crippen LogP contribution in [0.1, 0.15) is 17.5 Å². The zero-order chi connectivity index (χ0) is 23.1. The molecule has 2 aromatic carbocycles. The Labute approximate surface area is 182 Å². The van der Waals surface area contributed by atoms with Crippen molar-refractivity contribution in [2.24, 2.45) is 0 Å². The molecule has 6 nitrogen and oxygen atoms in total. The lowest BCUT2D eigenvalue weighted by molar-refractivity contribution is -0.192. The average Bonchev–Trinajstić information content (AvgIpc) is 2.72. The van der Waals surface area contributed by atoms with Crippen molar-refractivity contribution in [3.63, 3.8) is 0 Å². The Kier molecular flexibility index (Phi) is 12.2. The first-order chi connectivity index (χ1) is 14.7. The van der Waals surface area contributed by atoms with Crippen molar-refractivity contribution in [3.05, 3.63) is 65.7 Å². The van der Waals surface area contributed by atoms with E-state index in [0.29, 0.717) is 19.7 Å². The number of carbonyl (C=O) groups is 2. The van der Waals surface area contributed by atoms with Crippen LogP contribution in [0.15, 0.2) is 54.6 Å². The van der Waals surface area contributed by atoms with Crippen LogP contribution in [0.2, 0.25) is 0 Å². The lowest BCUT2D eigenvalue weighted by atomic mass is 10.2. The molecular weight excluding hydrogens is 435 g/mol. The standard InChI is InChI=1S/C19H23NO3S.C2HF3O2/c21-19(22)9-10-20-14-17-7-4-8-18(13-17)23-11-12-24-15-16-5-2-1-3-6-16;3-2(4,5)1(6)7/h1-8,13,20H,9-12,14-15H2,(H,21,22);(H,6,7). The molecule has 0 spiro atoms. The number of ether oxygens (including phenoxy) is 1. The van der Waals surface area contributed by atoms with Crippen LogP contribution < -0.4 is 10.1 Å². The molecule has 10 heteroatoms. The molecule has 2 aromatic rings. The summed E-state index contributed by atoms with van der Waals surface area (Å²) in [7, 11) is 0. The maximum Gasteiger partial charge on any atom is 0.490 e. The molecule has 0 aliphatic rings. The van der Waals surface area contributed by atoms with Crippen LogP contribution in [-0.2, 0) is 21.9 Å². The molecule has 2 rings (SSSR count). The smallest absolute Gasteiger partial charge is 0.490 e. The Morgan fingerprint density at radius 3 is 2.26 bits per heavy atom. The summed E-state index contributed by atoms with van der Waals surface area (Å²) in [5.41, 5.74) is 2.42. The molecule has 0 aromatic heterocycles. The fourth-order valence-electron chi connectivity index (χ4n) is 2.16. The maximum absolute atomic E-state index is 10.6. The number of carboxylic acid groups (broad SMARTS) is 2. The van der Waals surface area contributed by atoms with E-state index in [1.165, 1.54) is 5.56 Å². The molecule has 0 bridgehead atoms. The number of aliphatic carboxylic acids is 2. The summed E-state index contributed by atoms with van der Waals surface area (Å²) < 4.78 is 37.5. The van der Waals surface area contributed by atoms with Crippen LogP contribution in [0, 0.1) is 0 Å². The van der Waals surface area contributed by atoms with Gasteiger partial charge >= 0.3 is 18.1 Å². The highest BCUT2D eigenvalue weighted by molar-refractivity contribution is 7.98. The summed E-state index contributed by atoms with van der Waals surface area (Å²) in [5, 5.41) is 18.8. The Morgan fingerprint density at radius 2 is 1.65 bits per heavy atom. The van der Waals surface area contributed by atoms with Gasteiger partial charge in [0.15, 0.2) is 0 Å². The van der Waals surface area contributed by atoms with Gasteiger partial charge in [-0.1, -0.05) is 42.5 Å². The third kappa shape index (κ3) is 13.2. The quantitative estimate of drug-likeness (QED) is 0.434. The molecule has 0 saturated heterocycles. The predicted octanol–water partition coefficient (Wildman–Crippen LogP) is 4.20. The summed E-state index contributed by atoms with van der Waals surface area (Å²) in [4.78, 5) is 19.4. The number of carboxylic acids is 2. The first-order valence-electron chi connectivity index (χ1n) is 9.24. The highest BCUT2D eigenvalue weighted by Gasteiger charge is 2.38. The van der Waals surface area contributed by atoms with E-state index in [-0.39, 0.29) is 6.42 Å². The minimum atomic E-state index is -5.08. The Balaban J connectivity index is 0.000000592. The number of rotatable bonds is 11. The first kappa shape index (κ1) is 26.3. The number of hydrogen-bond donors (Lipinski definition) is 3. The van der Waals surface area contributed by atoms with E-state index < -0.39 is 18.1 Å². The Hall–Kier alpha value is -2.72. The maximum atomic E-state index is 10.6. The lowest BCUT2D eigenvalue weighted by Gasteiger charge is -2.09. The molecular formula is C21H24F3NO5S. The van der Waals surface area contributed by atoms with Crippen LogP contribution in [0.25, 0.3) is 0 Å². The third-order valence-corrected chi connectivity index (χ3v) is 4.59. The van der Waals surface area contributed by atoms with E-state index in [9.17, 15) is 18.0 Å². The zero-order valence-electron chi connectivity index (χ0n) is 16.6. The number of benzene rings is 2. The van der Waals surface area contributed by atoms with Crippen molar-refractivity contribution in [2.45, 2.75) is 24.9 Å². The first-order valence-corrected chi connectivity index (χ1v) is 10.4. The van der Waals surface area contributed by atoms with Crippen LogP contribution in [-0.4, -0.2) is 47.2 Å². The molecule has 3 N–H and O–H groups in total. The minimum absolute atomic E-state index is 0.134. The average molecular weight is 459 g/mol. The SMILES string of the molecule is O=C(O)C(F)(F)F.O=C(O)CCNCc1cccc(OCCSCc2ccccc2)c1. The topological polar surface area (TPSA) is 95.9 Å². The van der Waals surface area contributed by atoms with Gasteiger partial charge in [0.05, 0.1) is 13.0 Å². The molecule has 0 atom stereocenters. The van der Waals surface area contributed by atoms with E-state index in [4.69, 9.17) is 19.7 Å². The summed E-state index contributed by atoms with van der Waals surface area (Å²) in [6.45, 7) is 1.79. The number of thioether (sulfide) groups is 1. The van der Waals surface area contributed by atoms with Crippen molar-refractivity contribution in [1.29, 1.82) is 0 Å². The second-order valence-corrected chi connectivity index (χ2v) is 7.26. The Morgan fingerprint density at radius 1 is 1.00 bits per heavy atom. The molecule has 170 valence electrons. The van der Waals surface area contributed by atoms with Crippen LogP contribution >= 0.6 is 11.8 Å². The molecule has 0 aliphatic carbocycles. The van der Waals surface area contributed by atoms with Crippen molar-refractivity contribution in [1.82, 2.24) is 5.32 Å². The van der Waals surface area contributed by atoms with Gasteiger partial charge in [0.2, 0.25) is 0 Å². The second kappa shape index (κ2) is 14.3. The second-order valence-electron chi connectivity index (χ2n) is 6.16. The van der Waals surface area contributed by atoms with Gasteiger partial charge in [-0.2, -0.15) is 24.9 Å². The van der Waals surface area contributed by atoms with Gasteiger partial charge in [0.1, 0.15) is 5.75 Å². The van der Waals surface area contributed by atoms with Gasteiger partial charge in [-0.25, -0.2) is 4.79 Å². The normalized spacial score (nSPS) is 10.7. The molecule has 0 aliphatic heterocycles. The van der Waals surface area contributed by atoms with Crippen molar-refractivity contribution in [2.75, 3.05) is 18.9 Å². The van der Waals surface area contributed by atoms with E-state index >= 15 is 0 Å². The molecule has 0 heterocycles. The lowest BCUT2D eigenvalue weighted by Crippen LogP contribution is -2.21. The monoisotopic (exact) mass is 459 g/mol. The van der Waals surface area contributed by atoms with Gasteiger partial charge in [-0.15, -0.1) is 0 Å². The molecule has 0 radical (unpaired) electrons. The van der Waals surface area contributed by atoms with Gasteiger partial charge in [0.25, 0.3) is 0 Å². The number of alkyl halides is 3. The molecule has 0 fully saturated rings. The predicted molar refractivity (Wildman–Crippen MR) is 112 cm³/mol. The molecule has 31 heavy (non-hydrogen) atoms. The van der Waals surface area contributed by atoms with Crippen molar-refractivity contribution in [3.8, 4) is 5.75 Å². The van der Waals surface area contributed by atoms with Crippen molar-refractivity contribution < 1.29 is 37.7 Å². The number of halogens is 3. The summed E-state index contributed by atoms with van der Waals surface area (Å²) >= 11 is 1.86. The number of nitrogens with one attached hydrogen (secondary N) is 1. The highest BCUT2D eigenvalue weighted by atomic mass is 32.2. The van der Waals surface area contributed by atoms with Crippen LogP contribution in [0.5, 0.6) is 5.75 Å². The Bertz CT molecular complexity index is 803. The van der Waals surface area contributed by atoms with E-state index in [1.807, 2.05) is 42.1 Å². The summed E-state index contributed by atoms with van der Waals surface area (Å²) in [6.07, 6.45) is -4.95. The summed E-state index contributed by atoms with van der Waals surface area (Å²) in [5.74, 6) is -0.749. The van der Waals surface area contributed by atoms with E-state index in [2.05, 4.69) is 29.6 Å². The molecule has 0 unspecified atom stereocenters. The molecule has 0 amide bonds. The van der Waals surface area contributed by atoms with Gasteiger partial charge in [0, 0.05) is 24.6 Å². The summed E-state index contributed by atoms with van der Waals surface area (Å²) in [6, 6.07) is 18.3. The number of hydrogen-bond acceptors (Lipinski definition) is 5. The van der Waals surface area contributed by atoms with Gasteiger partial charge in [-0.3, -0.25) is 4.79 Å². The van der Waals surface area contributed by atoms with Gasteiger partial charge in [-0.05, 0) is 23.3 Å². The minimum Gasteiger partial charge on any atom is -0.493 e. The fraction of sp³-hybridized carbons (Fsp3) is 0.333. The highest BCUT2D eigenvalue weighted by Crippen LogP contribution is 2.15. The molecule has 0 saturated carbocycles. The third-order valence-electron chi connectivity index (χ3n) is 3.59. The zero-order valence-corrected chi connectivity index (χ0v) is 17.4. The largest absolute Gasteiger partial charge is 0.493 e. The fourth-order valence-corrected chi connectivity index (χ4v) is 2.93. The van der Waals surface area contributed by atoms with E-state index in [1.54, 1.807) is 0 Å².